The molecule has 0 atom stereocenters. The maximum Gasteiger partial charge on any atom is 0.268 e. The monoisotopic (exact) mass is 352 g/mol. The molecule has 0 bridgehead atoms. The number of hydrogen-bond donors (Lipinski definition) is 1. The number of benzene rings is 2. The fourth-order valence-electron chi connectivity index (χ4n) is 3.19. The third-order valence-electron chi connectivity index (χ3n) is 4.47. The number of aromatic nitrogens is 1. The first kappa shape index (κ1) is 17.9. The molecule has 1 N–H and O–H groups in total. The lowest BCUT2D eigenvalue weighted by atomic mass is 10.1. The van der Waals surface area contributed by atoms with Gasteiger partial charge in [-0.3, -0.25) is 4.79 Å². The lowest BCUT2D eigenvalue weighted by molar-refractivity contribution is 0.0937. The second kappa shape index (κ2) is 7.95. The minimum absolute atomic E-state index is 0.0705. The van der Waals surface area contributed by atoms with Gasteiger partial charge in [-0.25, -0.2) is 0 Å². The molecule has 5 nitrogen and oxygen atoms in total. The third kappa shape index (κ3) is 3.52. The topological polar surface area (TPSA) is 52.5 Å². The van der Waals surface area contributed by atoms with E-state index in [1.165, 1.54) is 0 Å². The number of nitrogens with zero attached hydrogens (tertiary/aromatic N) is 1. The van der Waals surface area contributed by atoms with Crippen LogP contribution in [0.1, 0.15) is 23.0 Å². The van der Waals surface area contributed by atoms with E-state index in [1.54, 1.807) is 7.11 Å². The smallest absolute Gasteiger partial charge is 0.268 e. The maximum absolute atomic E-state index is 12.7. The number of hydrogen-bond acceptors (Lipinski definition) is 3. The van der Waals surface area contributed by atoms with Gasteiger partial charge in [0.1, 0.15) is 23.8 Å². The van der Waals surface area contributed by atoms with Crippen molar-refractivity contribution >= 4 is 16.8 Å². The second-order valence-electron chi connectivity index (χ2n) is 6.01. The molecule has 0 fully saturated rings. The number of ether oxygens (including phenoxy) is 2. The van der Waals surface area contributed by atoms with Crippen LogP contribution < -0.4 is 14.8 Å². The number of fused-ring (bicyclic) bond motifs is 1. The highest BCUT2D eigenvalue weighted by atomic mass is 16.5. The summed E-state index contributed by atoms with van der Waals surface area (Å²) in [5, 5.41) is 4.08. The summed E-state index contributed by atoms with van der Waals surface area (Å²) in [4.78, 5) is 12.7. The van der Waals surface area contributed by atoms with Gasteiger partial charge >= 0.3 is 0 Å². The molecule has 3 rings (SSSR count). The van der Waals surface area contributed by atoms with Gasteiger partial charge in [0, 0.05) is 17.4 Å². The summed E-state index contributed by atoms with van der Waals surface area (Å²) >= 11 is 0. The standard InChI is InChI=1S/C21H24N2O3/c1-4-23-19-8-6-5-7-18(19)15(2)20(23)21(24)22-13-14-26-17-11-9-16(25-3)10-12-17/h5-12H,4,13-14H2,1-3H3,(H,22,24). The van der Waals surface area contributed by atoms with Crippen molar-refractivity contribution < 1.29 is 14.3 Å². The summed E-state index contributed by atoms with van der Waals surface area (Å²) in [7, 11) is 1.63. The molecule has 0 spiro atoms. The lowest BCUT2D eigenvalue weighted by Crippen LogP contribution is -2.30. The Labute approximate surface area is 153 Å². The van der Waals surface area contributed by atoms with Crippen LogP contribution in [0.4, 0.5) is 0 Å². The highest BCUT2D eigenvalue weighted by Gasteiger charge is 2.18. The molecule has 136 valence electrons. The molecule has 3 aromatic rings. The fraction of sp³-hybridized carbons (Fsp3) is 0.286. The Hall–Kier alpha value is -2.95. The van der Waals surface area contributed by atoms with Gasteiger partial charge in [-0.1, -0.05) is 18.2 Å². The number of methoxy groups -OCH3 is 1. The first-order valence-electron chi connectivity index (χ1n) is 8.78. The second-order valence-corrected chi connectivity index (χ2v) is 6.01. The van der Waals surface area contributed by atoms with Gasteiger partial charge in [-0.15, -0.1) is 0 Å². The van der Waals surface area contributed by atoms with Crippen LogP contribution in [0.5, 0.6) is 11.5 Å². The van der Waals surface area contributed by atoms with Crippen LogP contribution in [-0.2, 0) is 6.54 Å². The number of amides is 1. The quantitative estimate of drug-likeness (QED) is 0.658. The van der Waals surface area contributed by atoms with Crippen LogP contribution in [0.25, 0.3) is 10.9 Å². The Morgan fingerprint density at radius 2 is 1.77 bits per heavy atom. The normalized spacial score (nSPS) is 10.7. The lowest BCUT2D eigenvalue weighted by Gasteiger charge is -2.11. The van der Waals surface area contributed by atoms with E-state index in [0.29, 0.717) is 13.2 Å². The Bertz CT molecular complexity index is 898. The zero-order valence-corrected chi connectivity index (χ0v) is 15.4. The Morgan fingerprint density at radius 3 is 2.46 bits per heavy atom. The number of para-hydroxylation sites is 1. The van der Waals surface area contributed by atoms with Gasteiger partial charge in [-0.05, 0) is 49.7 Å². The molecule has 0 saturated carbocycles. The van der Waals surface area contributed by atoms with Crippen LogP contribution in [-0.4, -0.2) is 30.7 Å². The average Bonchev–Trinajstić information content (AvgIpc) is 2.97. The van der Waals surface area contributed by atoms with E-state index in [2.05, 4.69) is 28.9 Å². The zero-order valence-electron chi connectivity index (χ0n) is 15.4. The van der Waals surface area contributed by atoms with Crippen molar-refractivity contribution in [1.29, 1.82) is 0 Å². The largest absolute Gasteiger partial charge is 0.497 e. The molecule has 0 aliphatic rings. The van der Waals surface area contributed by atoms with E-state index < -0.39 is 0 Å². The molecular formula is C21H24N2O3. The van der Waals surface area contributed by atoms with E-state index in [-0.39, 0.29) is 5.91 Å². The predicted octanol–water partition coefficient (Wildman–Crippen LogP) is 3.79. The molecule has 1 heterocycles. The molecule has 26 heavy (non-hydrogen) atoms. The third-order valence-corrected chi connectivity index (χ3v) is 4.47. The molecule has 0 saturated heterocycles. The number of aryl methyl sites for hydroxylation is 2. The molecule has 1 aromatic heterocycles. The van der Waals surface area contributed by atoms with Crippen molar-refractivity contribution in [2.45, 2.75) is 20.4 Å². The summed E-state index contributed by atoms with van der Waals surface area (Å²) < 4.78 is 12.8. The van der Waals surface area contributed by atoms with Crippen LogP contribution in [0.15, 0.2) is 48.5 Å². The molecule has 0 aliphatic heterocycles. The van der Waals surface area contributed by atoms with Crippen molar-refractivity contribution in [3.63, 3.8) is 0 Å². The summed E-state index contributed by atoms with van der Waals surface area (Å²) in [6.45, 7) is 5.64. The molecule has 0 unspecified atom stereocenters. The minimum Gasteiger partial charge on any atom is -0.497 e. The van der Waals surface area contributed by atoms with Gasteiger partial charge in [0.05, 0.1) is 13.7 Å². The molecule has 0 aliphatic carbocycles. The van der Waals surface area contributed by atoms with E-state index in [1.807, 2.05) is 43.3 Å². The number of nitrogens with one attached hydrogen (secondary N) is 1. The molecule has 1 amide bonds. The highest BCUT2D eigenvalue weighted by Crippen LogP contribution is 2.25. The van der Waals surface area contributed by atoms with E-state index in [4.69, 9.17) is 9.47 Å². The molecular weight excluding hydrogens is 328 g/mol. The Morgan fingerprint density at radius 1 is 1.08 bits per heavy atom. The van der Waals surface area contributed by atoms with Gasteiger partial charge in [0.25, 0.3) is 5.91 Å². The summed E-state index contributed by atoms with van der Waals surface area (Å²) in [6.07, 6.45) is 0. The van der Waals surface area contributed by atoms with Crippen molar-refractivity contribution in [2.24, 2.45) is 0 Å². The number of carbonyl (C=O) groups is 1. The van der Waals surface area contributed by atoms with Crippen LogP contribution >= 0.6 is 0 Å². The van der Waals surface area contributed by atoms with Crippen molar-refractivity contribution in [1.82, 2.24) is 9.88 Å². The van der Waals surface area contributed by atoms with Crippen molar-refractivity contribution in [3.8, 4) is 11.5 Å². The predicted molar refractivity (Wildman–Crippen MR) is 103 cm³/mol. The van der Waals surface area contributed by atoms with E-state index in [9.17, 15) is 4.79 Å². The average molecular weight is 352 g/mol. The number of carbonyl (C=O) groups excluding carboxylic acids is 1. The summed E-state index contributed by atoms with van der Waals surface area (Å²) in [5.74, 6) is 1.46. The molecule has 5 heteroatoms. The Balaban J connectivity index is 1.63. The maximum atomic E-state index is 12.7. The van der Waals surface area contributed by atoms with Crippen molar-refractivity contribution in [3.05, 3.63) is 59.8 Å². The summed E-state index contributed by atoms with van der Waals surface area (Å²) in [5.41, 5.74) is 2.82. The van der Waals surface area contributed by atoms with Crippen LogP contribution in [0.3, 0.4) is 0 Å². The molecule has 0 radical (unpaired) electrons. The summed E-state index contributed by atoms with van der Waals surface area (Å²) in [6, 6.07) is 15.5. The first-order chi connectivity index (χ1) is 12.7. The van der Waals surface area contributed by atoms with Crippen LogP contribution in [0, 0.1) is 6.92 Å². The minimum atomic E-state index is -0.0705. The first-order valence-corrected chi connectivity index (χ1v) is 8.78. The van der Waals surface area contributed by atoms with Gasteiger partial charge < -0.3 is 19.4 Å². The SMILES string of the molecule is CCn1c(C(=O)NCCOc2ccc(OC)cc2)c(C)c2ccccc21. The Kier molecular flexibility index (Phi) is 5.46. The van der Waals surface area contributed by atoms with Crippen molar-refractivity contribution in [2.75, 3.05) is 20.3 Å². The van der Waals surface area contributed by atoms with Gasteiger partial charge in [0.2, 0.25) is 0 Å². The van der Waals surface area contributed by atoms with Gasteiger partial charge in [0.15, 0.2) is 0 Å². The molecule has 2 aromatic carbocycles. The zero-order chi connectivity index (χ0) is 18.5. The fourth-order valence-corrected chi connectivity index (χ4v) is 3.19. The van der Waals surface area contributed by atoms with Crippen LogP contribution in [0.2, 0.25) is 0 Å². The van der Waals surface area contributed by atoms with E-state index >= 15 is 0 Å². The highest BCUT2D eigenvalue weighted by molar-refractivity contribution is 6.01. The van der Waals surface area contributed by atoms with Gasteiger partial charge in [-0.2, -0.15) is 0 Å². The number of rotatable bonds is 7. The van der Waals surface area contributed by atoms with E-state index in [0.717, 1.165) is 40.2 Å².